The van der Waals surface area contributed by atoms with E-state index in [-0.39, 0.29) is 18.9 Å². The fraction of sp³-hybridized carbons (Fsp3) is 0.316. The van der Waals surface area contributed by atoms with Crippen LogP contribution in [0.1, 0.15) is 18.9 Å². The fourth-order valence-electron chi connectivity index (χ4n) is 2.71. The summed E-state index contributed by atoms with van der Waals surface area (Å²) in [6.45, 7) is 2.27. The number of para-hydroxylation sites is 1. The Morgan fingerprint density at radius 1 is 1.00 bits per heavy atom. The summed E-state index contributed by atoms with van der Waals surface area (Å²) in [5.41, 5.74) is 0.270. The molecule has 8 heteroatoms. The highest BCUT2D eigenvalue weighted by Gasteiger charge is 2.25. The zero-order chi connectivity index (χ0) is 20.0. The van der Waals surface area contributed by atoms with Crippen LogP contribution in [0.5, 0.6) is 0 Å². The lowest BCUT2D eigenvalue weighted by atomic mass is 10.2. The summed E-state index contributed by atoms with van der Waals surface area (Å²) in [6.07, 6.45) is 0.659. The van der Waals surface area contributed by atoms with Crippen LogP contribution in [-0.2, 0) is 21.4 Å². The van der Waals surface area contributed by atoms with Crippen LogP contribution >= 0.6 is 0 Å². The molecule has 0 saturated heterocycles. The van der Waals surface area contributed by atoms with Crippen LogP contribution in [0.3, 0.4) is 0 Å². The molecule has 27 heavy (non-hydrogen) atoms. The van der Waals surface area contributed by atoms with Crippen molar-refractivity contribution in [2.24, 2.45) is 0 Å². The molecule has 0 saturated carbocycles. The van der Waals surface area contributed by atoms with Crippen molar-refractivity contribution in [2.45, 2.75) is 19.9 Å². The van der Waals surface area contributed by atoms with Crippen molar-refractivity contribution in [3.63, 3.8) is 0 Å². The molecule has 146 valence electrons. The maximum absolute atomic E-state index is 14.0. The Balaban J connectivity index is 2.16. The number of hydrogen-bond donors (Lipinski definition) is 0. The van der Waals surface area contributed by atoms with E-state index in [1.807, 2.05) is 37.3 Å². The first-order chi connectivity index (χ1) is 12.7. The van der Waals surface area contributed by atoms with E-state index in [1.165, 1.54) is 0 Å². The SMILES string of the molecule is CCN(Cc1ccccc1)C(=O)CCN(c1c(F)cccc1F)S(C)(=O)=O. The van der Waals surface area contributed by atoms with Crippen LogP contribution in [0.4, 0.5) is 14.5 Å². The van der Waals surface area contributed by atoms with Crippen LogP contribution in [0.15, 0.2) is 48.5 Å². The summed E-state index contributed by atoms with van der Waals surface area (Å²) in [7, 11) is -3.97. The molecule has 2 aromatic carbocycles. The van der Waals surface area contributed by atoms with Gasteiger partial charge in [0.2, 0.25) is 15.9 Å². The summed E-state index contributed by atoms with van der Waals surface area (Å²) >= 11 is 0. The summed E-state index contributed by atoms with van der Waals surface area (Å²) in [6, 6.07) is 12.5. The monoisotopic (exact) mass is 396 g/mol. The Hall–Kier alpha value is -2.48. The molecule has 0 atom stereocenters. The second-order valence-electron chi connectivity index (χ2n) is 6.05. The molecule has 0 aliphatic carbocycles. The summed E-state index contributed by atoms with van der Waals surface area (Å²) < 4.78 is 52.7. The molecule has 0 aromatic heterocycles. The van der Waals surface area contributed by atoms with Gasteiger partial charge < -0.3 is 4.90 Å². The number of sulfonamides is 1. The average Bonchev–Trinajstić information content (AvgIpc) is 2.61. The van der Waals surface area contributed by atoms with E-state index in [0.717, 1.165) is 30.0 Å². The van der Waals surface area contributed by atoms with Gasteiger partial charge in [-0.3, -0.25) is 9.10 Å². The minimum Gasteiger partial charge on any atom is -0.339 e. The van der Waals surface area contributed by atoms with E-state index in [2.05, 4.69) is 0 Å². The molecule has 0 aliphatic heterocycles. The third-order valence-electron chi connectivity index (χ3n) is 4.07. The second-order valence-corrected chi connectivity index (χ2v) is 7.96. The Morgan fingerprint density at radius 2 is 1.59 bits per heavy atom. The van der Waals surface area contributed by atoms with Crippen molar-refractivity contribution in [3.8, 4) is 0 Å². The van der Waals surface area contributed by atoms with Gasteiger partial charge in [0, 0.05) is 26.1 Å². The molecule has 1 amide bonds. The van der Waals surface area contributed by atoms with Gasteiger partial charge in [-0.1, -0.05) is 36.4 Å². The molecule has 2 aromatic rings. The minimum atomic E-state index is -3.97. The molecule has 0 heterocycles. The average molecular weight is 396 g/mol. The van der Waals surface area contributed by atoms with E-state index >= 15 is 0 Å². The van der Waals surface area contributed by atoms with Crippen LogP contribution in [-0.4, -0.2) is 38.6 Å². The molecule has 0 N–H and O–H groups in total. The first-order valence-electron chi connectivity index (χ1n) is 8.47. The van der Waals surface area contributed by atoms with Crippen LogP contribution < -0.4 is 4.31 Å². The van der Waals surface area contributed by atoms with Gasteiger partial charge in [-0.05, 0) is 24.6 Å². The van der Waals surface area contributed by atoms with E-state index in [1.54, 1.807) is 4.90 Å². The topological polar surface area (TPSA) is 57.7 Å². The van der Waals surface area contributed by atoms with Crippen molar-refractivity contribution < 1.29 is 22.0 Å². The molecule has 0 unspecified atom stereocenters. The molecule has 0 fully saturated rings. The van der Waals surface area contributed by atoms with Crippen LogP contribution in [0.2, 0.25) is 0 Å². The number of carbonyl (C=O) groups is 1. The van der Waals surface area contributed by atoms with Gasteiger partial charge in [0.15, 0.2) is 11.6 Å². The number of amides is 1. The Kier molecular flexibility index (Phi) is 6.90. The Bertz CT molecular complexity index is 869. The zero-order valence-corrected chi connectivity index (χ0v) is 16.0. The number of benzene rings is 2. The quantitative estimate of drug-likeness (QED) is 0.689. The smallest absolute Gasteiger partial charge is 0.232 e. The summed E-state index contributed by atoms with van der Waals surface area (Å²) in [4.78, 5) is 14.1. The highest BCUT2D eigenvalue weighted by molar-refractivity contribution is 7.92. The van der Waals surface area contributed by atoms with Crippen molar-refractivity contribution in [1.29, 1.82) is 0 Å². The number of halogens is 2. The van der Waals surface area contributed by atoms with Crippen molar-refractivity contribution in [2.75, 3.05) is 23.7 Å². The van der Waals surface area contributed by atoms with Crippen LogP contribution in [0, 0.1) is 11.6 Å². The van der Waals surface area contributed by atoms with Crippen molar-refractivity contribution in [3.05, 3.63) is 65.7 Å². The number of hydrogen-bond acceptors (Lipinski definition) is 3. The van der Waals surface area contributed by atoms with Gasteiger partial charge in [-0.25, -0.2) is 17.2 Å². The van der Waals surface area contributed by atoms with Gasteiger partial charge in [-0.15, -0.1) is 0 Å². The predicted octanol–water partition coefficient (Wildman–Crippen LogP) is 3.17. The number of nitrogens with zero attached hydrogens (tertiary/aromatic N) is 2. The van der Waals surface area contributed by atoms with Gasteiger partial charge in [0.25, 0.3) is 0 Å². The highest BCUT2D eigenvalue weighted by atomic mass is 32.2. The van der Waals surface area contributed by atoms with Crippen LogP contribution in [0.25, 0.3) is 0 Å². The van der Waals surface area contributed by atoms with E-state index in [0.29, 0.717) is 17.4 Å². The molecule has 0 radical (unpaired) electrons. The van der Waals surface area contributed by atoms with Gasteiger partial charge in [-0.2, -0.15) is 0 Å². The molecular formula is C19H22F2N2O3S. The largest absolute Gasteiger partial charge is 0.339 e. The van der Waals surface area contributed by atoms with Crippen molar-refractivity contribution in [1.82, 2.24) is 4.90 Å². The Labute approximate surface area is 158 Å². The lowest BCUT2D eigenvalue weighted by molar-refractivity contribution is -0.131. The standard InChI is InChI=1S/C19H22F2N2O3S/c1-3-22(14-15-8-5-4-6-9-15)18(24)12-13-23(27(2,25)26)19-16(20)10-7-11-17(19)21/h4-11H,3,12-14H2,1-2H3. The zero-order valence-electron chi connectivity index (χ0n) is 15.2. The van der Waals surface area contributed by atoms with Crippen molar-refractivity contribution >= 4 is 21.6 Å². The first-order valence-corrected chi connectivity index (χ1v) is 10.3. The maximum Gasteiger partial charge on any atom is 0.232 e. The summed E-state index contributed by atoms with van der Waals surface area (Å²) in [5.74, 6) is -2.29. The van der Waals surface area contributed by atoms with Gasteiger partial charge in [0.1, 0.15) is 5.69 Å². The fourth-order valence-corrected chi connectivity index (χ4v) is 3.64. The molecule has 0 aliphatic rings. The van der Waals surface area contributed by atoms with Gasteiger partial charge in [0.05, 0.1) is 6.26 Å². The molecular weight excluding hydrogens is 374 g/mol. The molecule has 5 nitrogen and oxygen atoms in total. The Morgan fingerprint density at radius 3 is 2.11 bits per heavy atom. The highest BCUT2D eigenvalue weighted by Crippen LogP contribution is 2.25. The lowest BCUT2D eigenvalue weighted by Gasteiger charge is -2.25. The third-order valence-corrected chi connectivity index (χ3v) is 5.23. The normalized spacial score (nSPS) is 11.3. The molecule has 0 bridgehead atoms. The van der Waals surface area contributed by atoms with E-state index in [9.17, 15) is 22.0 Å². The molecule has 2 rings (SSSR count). The second kappa shape index (κ2) is 8.94. The van der Waals surface area contributed by atoms with Gasteiger partial charge >= 0.3 is 0 Å². The predicted molar refractivity (Wildman–Crippen MR) is 101 cm³/mol. The van der Waals surface area contributed by atoms with E-state index < -0.39 is 27.3 Å². The first kappa shape index (κ1) is 20.8. The van der Waals surface area contributed by atoms with E-state index in [4.69, 9.17) is 0 Å². The maximum atomic E-state index is 14.0. The number of carbonyl (C=O) groups excluding carboxylic acids is 1. The minimum absolute atomic E-state index is 0.193. The molecule has 0 spiro atoms. The third kappa shape index (κ3) is 5.50. The number of anilines is 1. The lowest BCUT2D eigenvalue weighted by Crippen LogP contribution is -2.37. The summed E-state index contributed by atoms with van der Waals surface area (Å²) in [5, 5.41) is 0. The number of rotatable bonds is 8.